The van der Waals surface area contributed by atoms with Crippen LogP contribution in [0.2, 0.25) is 0 Å². The number of nitrogens with zero attached hydrogens (tertiary/aromatic N) is 1. The Morgan fingerprint density at radius 2 is 1.88 bits per heavy atom. The van der Waals surface area contributed by atoms with E-state index in [9.17, 15) is 0 Å². The smallest absolute Gasteiger partial charge is 0.140 e. The fraction of sp³-hybridized carbons (Fsp3) is 0.154. The van der Waals surface area contributed by atoms with Crippen molar-refractivity contribution in [2.75, 3.05) is 12.8 Å². The Labute approximate surface area is 94.9 Å². The van der Waals surface area contributed by atoms with Crippen molar-refractivity contribution in [3.05, 3.63) is 42.2 Å². The second-order valence-electron chi connectivity index (χ2n) is 3.60. The number of hydrogen-bond donors (Lipinski definition) is 1. The van der Waals surface area contributed by atoms with Crippen molar-refractivity contribution in [1.82, 2.24) is 4.98 Å². The van der Waals surface area contributed by atoms with Gasteiger partial charge in [-0.3, -0.25) is 4.98 Å². The van der Waals surface area contributed by atoms with E-state index in [1.807, 2.05) is 37.4 Å². The summed E-state index contributed by atoms with van der Waals surface area (Å²) in [6.45, 7) is 2.00. The highest BCUT2D eigenvalue weighted by Crippen LogP contribution is 2.31. The lowest BCUT2D eigenvalue weighted by Crippen LogP contribution is -1.95. The number of pyridine rings is 1. The van der Waals surface area contributed by atoms with E-state index in [0.717, 1.165) is 28.1 Å². The lowest BCUT2D eigenvalue weighted by Gasteiger charge is -2.11. The highest BCUT2D eigenvalue weighted by molar-refractivity contribution is 5.78. The minimum atomic E-state index is 0.751. The molecule has 3 nitrogen and oxygen atoms in total. The number of para-hydroxylation sites is 1. The molecule has 0 aliphatic carbocycles. The van der Waals surface area contributed by atoms with Crippen LogP contribution in [0.15, 0.2) is 36.7 Å². The molecule has 0 unspecified atom stereocenters. The van der Waals surface area contributed by atoms with Crippen molar-refractivity contribution in [2.45, 2.75) is 6.92 Å². The first-order valence-electron chi connectivity index (χ1n) is 5.07. The van der Waals surface area contributed by atoms with Crippen molar-refractivity contribution in [3.63, 3.8) is 0 Å². The maximum Gasteiger partial charge on any atom is 0.140 e. The maximum atomic E-state index is 5.94. The molecule has 0 bridgehead atoms. The van der Waals surface area contributed by atoms with Crippen LogP contribution in [0.5, 0.6) is 5.75 Å². The fourth-order valence-electron chi connectivity index (χ4n) is 1.73. The molecule has 3 heteroatoms. The van der Waals surface area contributed by atoms with Gasteiger partial charge in [-0.2, -0.15) is 0 Å². The first kappa shape index (κ1) is 10.5. The lowest BCUT2D eigenvalue weighted by atomic mass is 10.0. The van der Waals surface area contributed by atoms with E-state index in [1.54, 1.807) is 13.3 Å². The molecule has 0 spiro atoms. The van der Waals surface area contributed by atoms with E-state index in [4.69, 9.17) is 10.5 Å². The number of methoxy groups -OCH3 is 1. The molecular weight excluding hydrogens is 200 g/mol. The first-order valence-corrected chi connectivity index (χ1v) is 5.07. The number of anilines is 1. The number of nitrogens with two attached hydrogens (primary N) is 1. The molecule has 0 radical (unpaired) electrons. The standard InChI is InChI=1S/C13H14N2O/c1-9-11(7-15-8-13(9)16-2)10-5-3-4-6-12(10)14/h3-8H,14H2,1-2H3. The molecule has 0 aliphatic rings. The van der Waals surface area contributed by atoms with Crippen molar-refractivity contribution >= 4 is 5.69 Å². The van der Waals surface area contributed by atoms with Gasteiger partial charge in [-0.25, -0.2) is 0 Å². The first-order chi connectivity index (χ1) is 7.74. The lowest BCUT2D eigenvalue weighted by molar-refractivity contribution is 0.410. The van der Waals surface area contributed by atoms with E-state index in [2.05, 4.69) is 4.98 Å². The molecule has 0 saturated carbocycles. The van der Waals surface area contributed by atoms with Gasteiger partial charge in [-0.1, -0.05) is 18.2 Å². The minimum Gasteiger partial charge on any atom is -0.495 e. The van der Waals surface area contributed by atoms with Crippen LogP contribution in [0.1, 0.15) is 5.56 Å². The predicted octanol–water partition coefficient (Wildman–Crippen LogP) is 2.65. The number of aromatic nitrogens is 1. The SMILES string of the molecule is COc1cncc(-c2ccccc2N)c1C. The van der Waals surface area contributed by atoms with Crippen LogP contribution in [0.3, 0.4) is 0 Å². The maximum absolute atomic E-state index is 5.94. The van der Waals surface area contributed by atoms with Gasteiger partial charge < -0.3 is 10.5 Å². The summed E-state index contributed by atoms with van der Waals surface area (Å²) in [5, 5.41) is 0. The molecule has 1 heterocycles. The van der Waals surface area contributed by atoms with Gasteiger partial charge in [0.05, 0.1) is 13.3 Å². The second kappa shape index (κ2) is 4.23. The normalized spacial score (nSPS) is 10.1. The van der Waals surface area contributed by atoms with Crippen LogP contribution in [0.4, 0.5) is 5.69 Å². The minimum absolute atomic E-state index is 0.751. The summed E-state index contributed by atoms with van der Waals surface area (Å²) in [4.78, 5) is 4.15. The van der Waals surface area contributed by atoms with Gasteiger partial charge in [-0.15, -0.1) is 0 Å². The van der Waals surface area contributed by atoms with E-state index < -0.39 is 0 Å². The Kier molecular flexibility index (Phi) is 2.77. The average molecular weight is 214 g/mol. The Hall–Kier alpha value is -2.03. The third kappa shape index (κ3) is 1.72. The zero-order valence-corrected chi connectivity index (χ0v) is 9.40. The predicted molar refractivity (Wildman–Crippen MR) is 65.4 cm³/mol. The Bertz CT molecular complexity index is 509. The summed E-state index contributed by atoms with van der Waals surface area (Å²) in [5.41, 5.74) is 9.75. The molecule has 1 aromatic carbocycles. The zero-order valence-electron chi connectivity index (χ0n) is 9.40. The molecule has 0 saturated heterocycles. The molecule has 0 fully saturated rings. The van der Waals surface area contributed by atoms with Gasteiger partial charge in [0.25, 0.3) is 0 Å². The van der Waals surface area contributed by atoms with Crippen LogP contribution in [0.25, 0.3) is 11.1 Å². The average Bonchev–Trinajstić information content (AvgIpc) is 2.31. The topological polar surface area (TPSA) is 48.1 Å². The van der Waals surface area contributed by atoms with E-state index in [0.29, 0.717) is 0 Å². The fourth-order valence-corrected chi connectivity index (χ4v) is 1.73. The molecule has 2 N–H and O–H groups in total. The molecule has 82 valence electrons. The van der Waals surface area contributed by atoms with Gasteiger partial charge in [0, 0.05) is 28.6 Å². The van der Waals surface area contributed by atoms with Gasteiger partial charge in [0.15, 0.2) is 0 Å². The molecule has 16 heavy (non-hydrogen) atoms. The summed E-state index contributed by atoms with van der Waals surface area (Å²) in [7, 11) is 1.64. The van der Waals surface area contributed by atoms with Crippen molar-refractivity contribution in [3.8, 4) is 16.9 Å². The number of nitrogen functional groups attached to an aromatic ring is 1. The highest BCUT2D eigenvalue weighted by atomic mass is 16.5. The third-order valence-corrected chi connectivity index (χ3v) is 2.64. The van der Waals surface area contributed by atoms with Crippen molar-refractivity contribution in [1.29, 1.82) is 0 Å². The summed E-state index contributed by atoms with van der Waals surface area (Å²) in [6.07, 6.45) is 3.52. The van der Waals surface area contributed by atoms with Gasteiger partial charge in [0.2, 0.25) is 0 Å². The molecule has 0 aliphatic heterocycles. The van der Waals surface area contributed by atoms with E-state index in [1.165, 1.54) is 0 Å². The molecule has 2 aromatic rings. The third-order valence-electron chi connectivity index (χ3n) is 2.64. The quantitative estimate of drug-likeness (QED) is 0.782. The Balaban J connectivity index is 2.61. The Morgan fingerprint density at radius 3 is 2.56 bits per heavy atom. The van der Waals surface area contributed by atoms with E-state index in [-0.39, 0.29) is 0 Å². The summed E-state index contributed by atoms with van der Waals surface area (Å²) >= 11 is 0. The zero-order chi connectivity index (χ0) is 11.5. The van der Waals surface area contributed by atoms with Gasteiger partial charge >= 0.3 is 0 Å². The molecular formula is C13H14N2O. The molecule has 0 amide bonds. The number of hydrogen-bond acceptors (Lipinski definition) is 3. The Morgan fingerprint density at radius 1 is 1.12 bits per heavy atom. The number of benzene rings is 1. The van der Waals surface area contributed by atoms with Gasteiger partial charge in [-0.05, 0) is 13.0 Å². The summed E-state index contributed by atoms with van der Waals surface area (Å²) < 4.78 is 5.24. The number of rotatable bonds is 2. The second-order valence-corrected chi connectivity index (χ2v) is 3.60. The van der Waals surface area contributed by atoms with Crippen LogP contribution in [0, 0.1) is 6.92 Å². The highest BCUT2D eigenvalue weighted by Gasteiger charge is 2.09. The van der Waals surface area contributed by atoms with Crippen LogP contribution < -0.4 is 10.5 Å². The molecule has 0 atom stereocenters. The van der Waals surface area contributed by atoms with Gasteiger partial charge in [0.1, 0.15) is 5.75 Å². The molecule has 2 rings (SSSR count). The monoisotopic (exact) mass is 214 g/mol. The summed E-state index contributed by atoms with van der Waals surface area (Å²) in [5.74, 6) is 0.778. The van der Waals surface area contributed by atoms with Crippen molar-refractivity contribution in [2.24, 2.45) is 0 Å². The van der Waals surface area contributed by atoms with E-state index >= 15 is 0 Å². The largest absolute Gasteiger partial charge is 0.495 e. The van der Waals surface area contributed by atoms with Crippen LogP contribution in [-0.4, -0.2) is 12.1 Å². The summed E-state index contributed by atoms with van der Waals surface area (Å²) in [6, 6.07) is 7.75. The number of ether oxygens (including phenoxy) is 1. The van der Waals surface area contributed by atoms with Crippen LogP contribution >= 0.6 is 0 Å². The van der Waals surface area contributed by atoms with Crippen LogP contribution in [-0.2, 0) is 0 Å². The molecule has 1 aromatic heterocycles. The van der Waals surface area contributed by atoms with Crippen molar-refractivity contribution < 1.29 is 4.74 Å².